The first-order valence-corrected chi connectivity index (χ1v) is 8.15. The maximum atomic E-state index is 12.4. The lowest BCUT2D eigenvalue weighted by Gasteiger charge is -2.15. The molecule has 1 saturated heterocycles. The first kappa shape index (κ1) is 16.9. The number of H-pyrrole nitrogens is 1. The second-order valence-corrected chi connectivity index (χ2v) is 6.56. The average molecular weight is 374 g/mol. The zero-order chi connectivity index (χ0) is 18.0. The summed E-state index contributed by atoms with van der Waals surface area (Å²) in [4.78, 5) is 38.0. The highest BCUT2D eigenvalue weighted by atomic mass is 32.2. The lowest BCUT2D eigenvalue weighted by atomic mass is 10.2. The summed E-state index contributed by atoms with van der Waals surface area (Å²) in [6.45, 7) is 0. The van der Waals surface area contributed by atoms with Crippen LogP contribution in [0.25, 0.3) is 6.08 Å². The molecule has 2 amide bonds. The highest BCUT2D eigenvalue weighted by molar-refractivity contribution is 8.26. The molecule has 1 aromatic carbocycles. The summed E-state index contributed by atoms with van der Waals surface area (Å²) in [5, 5.41) is 11.6. The number of hydrogen-bond acceptors (Lipinski definition) is 6. The Morgan fingerprint density at radius 3 is 2.64 bits per heavy atom. The van der Waals surface area contributed by atoms with E-state index in [1.54, 1.807) is 24.4 Å². The van der Waals surface area contributed by atoms with Crippen LogP contribution in [0.3, 0.4) is 0 Å². The monoisotopic (exact) mass is 374 g/mol. The Morgan fingerprint density at radius 2 is 2.04 bits per heavy atom. The molecule has 0 aliphatic carbocycles. The van der Waals surface area contributed by atoms with Gasteiger partial charge in [-0.25, -0.2) is 0 Å². The minimum Gasteiger partial charge on any atom is -0.362 e. The molecule has 0 radical (unpaired) electrons. The van der Waals surface area contributed by atoms with E-state index in [2.05, 4.69) is 10.4 Å². The van der Waals surface area contributed by atoms with Crippen molar-refractivity contribution in [2.45, 2.75) is 0 Å². The number of amides is 2. The number of nitrogens with zero attached hydrogens (tertiary/aromatic N) is 2. The minimum atomic E-state index is -0.590. The molecular weight excluding hydrogens is 364 g/mol. The van der Waals surface area contributed by atoms with Gasteiger partial charge >= 0.3 is 0 Å². The average Bonchev–Trinajstić information content (AvgIpc) is 3.19. The molecule has 0 spiro atoms. The molecule has 0 saturated carbocycles. The molecule has 0 atom stereocenters. The van der Waals surface area contributed by atoms with Gasteiger partial charge < -0.3 is 4.98 Å². The van der Waals surface area contributed by atoms with Crippen molar-refractivity contribution in [3.8, 4) is 0 Å². The molecule has 0 bridgehead atoms. The minimum absolute atomic E-state index is 0.129. The Balaban J connectivity index is 1.73. The van der Waals surface area contributed by atoms with Crippen molar-refractivity contribution < 1.29 is 14.5 Å². The highest BCUT2D eigenvalue weighted by Crippen LogP contribution is 2.31. The summed E-state index contributed by atoms with van der Waals surface area (Å²) in [6.07, 6.45) is 3.36. The smallest absolute Gasteiger partial charge is 0.285 e. The van der Waals surface area contributed by atoms with Crippen LogP contribution in [0, 0.1) is 10.1 Å². The highest BCUT2D eigenvalue weighted by Gasteiger charge is 2.33. The van der Waals surface area contributed by atoms with Crippen LogP contribution in [-0.4, -0.2) is 31.1 Å². The normalized spacial score (nSPS) is 15.7. The van der Waals surface area contributed by atoms with Crippen LogP contribution in [-0.2, 0) is 4.79 Å². The second-order valence-electron chi connectivity index (χ2n) is 4.89. The number of nitro benzene ring substituents is 1. The van der Waals surface area contributed by atoms with Gasteiger partial charge in [0.25, 0.3) is 17.5 Å². The fourth-order valence-electron chi connectivity index (χ4n) is 2.04. The number of non-ortho nitro benzene ring substituents is 1. The molecule has 126 valence electrons. The van der Waals surface area contributed by atoms with Crippen LogP contribution in [0.15, 0.2) is 47.5 Å². The number of carbonyl (C=O) groups is 2. The maximum absolute atomic E-state index is 12.4. The van der Waals surface area contributed by atoms with Crippen LogP contribution in [0.2, 0.25) is 0 Å². The zero-order valence-corrected chi connectivity index (χ0v) is 14.1. The van der Waals surface area contributed by atoms with Crippen LogP contribution < -0.4 is 5.43 Å². The second kappa shape index (κ2) is 6.87. The van der Waals surface area contributed by atoms with Crippen LogP contribution in [0.1, 0.15) is 16.1 Å². The van der Waals surface area contributed by atoms with E-state index in [9.17, 15) is 19.7 Å². The third kappa shape index (κ3) is 3.59. The van der Waals surface area contributed by atoms with Crippen molar-refractivity contribution in [2.24, 2.45) is 0 Å². The standard InChI is InChI=1S/C15H10N4O4S2/c20-13(9-3-5-11(6-4-9)19(22)23)17-18-14(21)12(25-15(18)24)8-10-2-1-7-16-10/h1-8,16H,(H,17,20)/b12-8-. The van der Waals surface area contributed by atoms with Gasteiger partial charge in [-0.05, 0) is 42.6 Å². The van der Waals surface area contributed by atoms with Gasteiger partial charge in [-0.2, -0.15) is 5.01 Å². The fraction of sp³-hybridized carbons (Fsp3) is 0. The number of thioether (sulfide) groups is 1. The number of aromatic amines is 1. The summed E-state index contributed by atoms with van der Waals surface area (Å²) in [7, 11) is 0. The number of nitro groups is 1. The van der Waals surface area contributed by atoms with E-state index in [0.29, 0.717) is 4.91 Å². The Hall–Kier alpha value is -2.98. The van der Waals surface area contributed by atoms with Gasteiger partial charge in [0, 0.05) is 29.6 Å². The van der Waals surface area contributed by atoms with Gasteiger partial charge in [-0.3, -0.25) is 25.1 Å². The van der Waals surface area contributed by atoms with Crippen molar-refractivity contribution in [1.82, 2.24) is 15.4 Å². The van der Waals surface area contributed by atoms with Gasteiger partial charge in [0.05, 0.1) is 9.83 Å². The Labute approximate surface area is 151 Å². The molecule has 10 heteroatoms. The van der Waals surface area contributed by atoms with E-state index in [1.165, 1.54) is 24.3 Å². The van der Waals surface area contributed by atoms with Crippen molar-refractivity contribution in [1.29, 1.82) is 0 Å². The van der Waals surface area contributed by atoms with Gasteiger partial charge in [0.2, 0.25) is 0 Å². The SMILES string of the molecule is O=C(NN1C(=O)/C(=C/c2ccc[nH]2)SC1=S)c1ccc([N+](=O)[O-])cc1. The molecule has 0 unspecified atom stereocenters. The van der Waals surface area contributed by atoms with Crippen molar-refractivity contribution >= 4 is 51.9 Å². The largest absolute Gasteiger partial charge is 0.362 e. The predicted molar refractivity (Wildman–Crippen MR) is 96.4 cm³/mol. The van der Waals surface area contributed by atoms with Gasteiger partial charge in [-0.1, -0.05) is 11.8 Å². The topological polar surface area (TPSA) is 108 Å². The predicted octanol–water partition coefficient (Wildman–Crippen LogP) is 2.47. The number of rotatable bonds is 4. The first-order valence-electron chi connectivity index (χ1n) is 6.92. The van der Waals surface area contributed by atoms with E-state index < -0.39 is 16.7 Å². The van der Waals surface area contributed by atoms with E-state index in [0.717, 1.165) is 22.5 Å². The molecule has 25 heavy (non-hydrogen) atoms. The Morgan fingerprint density at radius 1 is 1.32 bits per heavy atom. The van der Waals surface area contributed by atoms with Gasteiger partial charge in [-0.15, -0.1) is 0 Å². The summed E-state index contributed by atoms with van der Waals surface area (Å²) in [5.74, 6) is -1.04. The van der Waals surface area contributed by atoms with Crippen LogP contribution in [0.5, 0.6) is 0 Å². The molecule has 8 nitrogen and oxygen atoms in total. The lowest BCUT2D eigenvalue weighted by Crippen LogP contribution is -2.44. The quantitative estimate of drug-likeness (QED) is 0.368. The first-order chi connectivity index (χ1) is 12.0. The van der Waals surface area contributed by atoms with E-state index in [4.69, 9.17) is 12.2 Å². The molecule has 3 rings (SSSR count). The van der Waals surface area contributed by atoms with Crippen LogP contribution >= 0.6 is 24.0 Å². The number of carbonyl (C=O) groups excluding carboxylic acids is 2. The number of benzene rings is 1. The summed E-state index contributed by atoms with van der Waals surface area (Å²) in [5.41, 5.74) is 3.20. The molecule has 1 aliphatic rings. The van der Waals surface area contributed by atoms with Gasteiger partial charge in [0.15, 0.2) is 4.32 Å². The lowest BCUT2D eigenvalue weighted by molar-refractivity contribution is -0.384. The number of hydrogen-bond donors (Lipinski definition) is 2. The van der Waals surface area contributed by atoms with Crippen LogP contribution in [0.4, 0.5) is 5.69 Å². The number of aromatic nitrogens is 1. The molecule has 2 aromatic rings. The summed E-state index contributed by atoms with van der Waals surface area (Å²) < 4.78 is 0.193. The molecule has 2 N–H and O–H groups in total. The third-order valence-electron chi connectivity index (χ3n) is 3.26. The number of thiocarbonyl (C=S) groups is 1. The summed E-state index contributed by atoms with van der Waals surface area (Å²) >= 11 is 6.20. The van der Waals surface area contributed by atoms with E-state index in [1.807, 2.05) is 0 Å². The number of nitrogens with one attached hydrogen (secondary N) is 2. The van der Waals surface area contributed by atoms with Gasteiger partial charge in [0.1, 0.15) is 0 Å². The Bertz CT molecular complexity index is 891. The molecular formula is C15H10N4O4S2. The third-order valence-corrected chi connectivity index (χ3v) is 4.56. The summed E-state index contributed by atoms with van der Waals surface area (Å²) in [6, 6.07) is 8.62. The zero-order valence-electron chi connectivity index (χ0n) is 12.5. The van der Waals surface area contributed by atoms with Crippen molar-refractivity contribution in [2.75, 3.05) is 0 Å². The van der Waals surface area contributed by atoms with Crippen molar-refractivity contribution in [3.63, 3.8) is 0 Å². The Kier molecular flexibility index (Phi) is 4.63. The van der Waals surface area contributed by atoms with E-state index in [-0.39, 0.29) is 15.6 Å². The maximum Gasteiger partial charge on any atom is 0.285 e. The molecule has 1 aromatic heterocycles. The fourth-order valence-corrected chi connectivity index (χ4v) is 3.21. The van der Waals surface area contributed by atoms with Crippen molar-refractivity contribution in [3.05, 3.63) is 68.9 Å². The molecule has 1 fully saturated rings. The molecule has 2 heterocycles. The van der Waals surface area contributed by atoms with E-state index >= 15 is 0 Å². The molecule has 1 aliphatic heterocycles. The number of hydrazine groups is 1.